The van der Waals surface area contributed by atoms with Gasteiger partial charge in [0, 0.05) is 23.7 Å². The SMILES string of the molecule is CC(NC(=O)CCc1cccs1)c1ncc[nH]1. The van der Waals surface area contributed by atoms with Gasteiger partial charge in [0.1, 0.15) is 5.82 Å². The molecule has 0 fully saturated rings. The number of H-pyrrole nitrogens is 1. The van der Waals surface area contributed by atoms with Crippen LogP contribution in [0.15, 0.2) is 29.9 Å². The van der Waals surface area contributed by atoms with Crippen molar-refractivity contribution in [2.45, 2.75) is 25.8 Å². The summed E-state index contributed by atoms with van der Waals surface area (Å²) in [5.41, 5.74) is 0. The number of carbonyl (C=O) groups is 1. The molecule has 5 heteroatoms. The average Bonchev–Trinajstić information content (AvgIpc) is 2.99. The van der Waals surface area contributed by atoms with Crippen LogP contribution in [0, 0.1) is 0 Å². The minimum atomic E-state index is -0.0687. The number of thiophene rings is 1. The van der Waals surface area contributed by atoms with Crippen LogP contribution in [0.2, 0.25) is 0 Å². The van der Waals surface area contributed by atoms with E-state index in [4.69, 9.17) is 0 Å². The second-order valence-electron chi connectivity index (χ2n) is 3.84. The number of aromatic amines is 1. The molecule has 0 spiro atoms. The lowest BCUT2D eigenvalue weighted by Gasteiger charge is -2.10. The van der Waals surface area contributed by atoms with Crippen LogP contribution in [0.25, 0.3) is 0 Å². The molecule has 1 amide bonds. The largest absolute Gasteiger partial charge is 0.347 e. The lowest BCUT2D eigenvalue weighted by atomic mass is 10.2. The molecule has 0 aliphatic heterocycles. The fraction of sp³-hybridized carbons (Fsp3) is 0.333. The van der Waals surface area contributed by atoms with Crippen molar-refractivity contribution in [2.24, 2.45) is 0 Å². The predicted molar refractivity (Wildman–Crippen MR) is 67.8 cm³/mol. The standard InChI is InChI=1S/C12H15N3OS/c1-9(12-13-6-7-14-12)15-11(16)5-4-10-3-2-8-17-10/h2-3,6-9H,4-5H2,1H3,(H,13,14)(H,15,16). The minimum absolute atomic E-state index is 0.0577. The van der Waals surface area contributed by atoms with Crippen LogP contribution in [0.1, 0.15) is 30.1 Å². The number of nitrogens with zero attached hydrogens (tertiary/aromatic N) is 1. The predicted octanol–water partition coefficient (Wildman–Crippen LogP) is 2.28. The Bertz CT molecular complexity index is 450. The number of aromatic nitrogens is 2. The summed E-state index contributed by atoms with van der Waals surface area (Å²) in [7, 11) is 0. The Kier molecular flexibility index (Phi) is 3.93. The summed E-state index contributed by atoms with van der Waals surface area (Å²) in [6.07, 6.45) is 4.76. The Morgan fingerprint density at radius 3 is 3.18 bits per heavy atom. The van der Waals surface area contributed by atoms with Crippen LogP contribution in [0.3, 0.4) is 0 Å². The molecule has 1 unspecified atom stereocenters. The van der Waals surface area contributed by atoms with E-state index in [1.807, 2.05) is 24.4 Å². The molecule has 2 heterocycles. The van der Waals surface area contributed by atoms with E-state index in [0.29, 0.717) is 6.42 Å². The highest BCUT2D eigenvalue weighted by atomic mass is 32.1. The van der Waals surface area contributed by atoms with Crippen LogP contribution >= 0.6 is 11.3 Å². The molecule has 2 aromatic heterocycles. The summed E-state index contributed by atoms with van der Waals surface area (Å²) in [5, 5.41) is 4.94. The summed E-state index contributed by atoms with van der Waals surface area (Å²) < 4.78 is 0. The van der Waals surface area contributed by atoms with Gasteiger partial charge < -0.3 is 10.3 Å². The lowest BCUT2D eigenvalue weighted by Crippen LogP contribution is -2.27. The minimum Gasteiger partial charge on any atom is -0.347 e. The molecule has 2 N–H and O–H groups in total. The van der Waals surface area contributed by atoms with Gasteiger partial charge in [-0.15, -0.1) is 11.3 Å². The summed E-state index contributed by atoms with van der Waals surface area (Å²) in [6.45, 7) is 1.92. The van der Waals surface area contributed by atoms with Gasteiger partial charge in [0.2, 0.25) is 5.91 Å². The van der Waals surface area contributed by atoms with Crippen LogP contribution in [0.4, 0.5) is 0 Å². The Labute approximate surface area is 104 Å². The summed E-state index contributed by atoms with van der Waals surface area (Å²) >= 11 is 1.68. The molecule has 0 bridgehead atoms. The maximum absolute atomic E-state index is 11.7. The highest BCUT2D eigenvalue weighted by Gasteiger charge is 2.11. The Hall–Kier alpha value is -1.62. The summed E-state index contributed by atoms with van der Waals surface area (Å²) in [4.78, 5) is 20.0. The Morgan fingerprint density at radius 1 is 1.65 bits per heavy atom. The number of hydrogen-bond acceptors (Lipinski definition) is 3. The first-order chi connectivity index (χ1) is 8.25. The number of carbonyl (C=O) groups excluding carboxylic acids is 1. The number of rotatable bonds is 5. The van der Waals surface area contributed by atoms with Crippen molar-refractivity contribution >= 4 is 17.2 Å². The number of nitrogens with one attached hydrogen (secondary N) is 2. The number of hydrogen-bond donors (Lipinski definition) is 2. The third-order valence-electron chi connectivity index (χ3n) is 2.49. The second-order valence-corrected chi connectivity index (χ2v) is 4.88. The van der Waals surface area contributed by atoms with Crippen molar-refractivity contribution in [3.63, 3.8) is 0 Å². The lowest BCUT2D eigenvalue weighted by molar-refractivity contribution is -0.121. The van der Waals surface area contributed by atoms with Crippen LogP contribution in [-0.4, -0.2) is 15.9 Å². The van der Waals surface area contributed by atoms with Gasteiger partial charge in [0.05, 0.1) is 6.04 Å². The van der Waals surface area contributed by atoms with Crippen molar-refractivity contribution in [2.75, 3.05) is 0 Å². The first-order valence-electron chi connectivity index (χ1n) is 5.56. The van der Waals surface area contributed by atoms with E-state index in [9.17, 15) is 4.79 Å². The van der Waals surface area contributed by atoms with E-state index in [1.165, 1.54) is 4.88 Å². The number of imidazole rings is 1. The molecule has 0 aliphatic rings. The van der Waals surface area contributed by atoms with E-state index in [-0.39, 0.29) is 11.9 Å². The molecule has 2 aromatic rings. The van der Waals surface area contributed by atoms with Gasteiger partial charge >= 0.3 is 0 Å². The first-order valence-corrected chi connectivity index (χ1v) is 6.44. The zero-order valence-electron chi connectivity index (χ0n) is 9.64. The van der Waals surface area contributed by atoms with E-state index in [2.05, 4.69) is 15.3 Å². The molecule has 0 aliphatic carbocycles. The Morgan fingerprint density at radius 2 is 2.53 bits per heavy atom. The van der Waals surface area contributed by atoms with Gasteiger partial charge in [-0.1, -0.05) is 6.07 Å². The number of aryl methyl sites for hydroxylation is 1. The van der Waals surface area contributed by atoms with Crippen molar-refractivity contribution in [3.8, 4) is 0 Å². The smallest absolute Gasteiger partial charge is 0.220 e. The Balaban J connectivity index is 1.77. The monoisotopic (exact) mass is 249 g/mol. The molecule has 0 saturated carbocycles. The second kappa shape index (κ2) is 5.63. The third-order valence-corrected chi connectivity index (χ3v) is 3.42. The molecule has 1 atom stereocenters. The summed E-state index contributed by atoms with van der Waals surface area (Å²) in [5.74, 6) is 0.844. The topological polar surface area (TPSA) is 57.8 Å². The molecule has 4 nitrogen and oxygen atoms in total. The molecule has 0 radical (unpaired) electrons. The first kappa shape index (κ1) is 11.9. The van der Waals surface area contributed by atoms with Gasteiger partial charge in [-0.05, 0) is 24.8 Å². The highest BCUT2D eigenvalue weighted by Crippen LogP contribution is 2.11. The molecule has 17 heavy (non-hydrogen) atoms. The maximum atomic E-state index is 11.7. The molecule has 90 valence electrons. The maximum Gasteiger partial charge on any atom is 0.220 e. The van der Waals surface area contributed by atoms with Crippen molar-refractivity contribution in [3.05, 3.63) is 40.6 Å². The molecule has 0 aromatic carbocycles. The fourth-order valence-electron chi connectivity index (χ4n) is 1.59. The zero-order valence-corrected chi connectivity index (χ0v) is 10.5. The van der Waals surface area contributed by atoms with Crippen LogP contribution < -0.4 is 5.32 Å². The van der Waals surface area contributed by atoms with Crippen molar-refractivity contribution in [1.82, 2.24) is 15.3 Å². The molecule has 2 rings (SSSR count). The zero-order chi connectivity index (χ0) is 12.1. The van der Waals surface area contributed by atoms with Gasteiger partial charge in [-0.3, -0.25) is 4.79 Å². The summed E-state index contributed by atoms with van der Waals surface area (Å²) in [6, 6.07) is 3.98. The van der Waals surface area contributed by atoms with Crippen LogP contribution in [-0.2, 0) is 11.2 Å². The average molecular weight is 249 g/mol. The number of amides is 1. The fourth-order valence-corrected chi connectivity index (χ4v) is 2.30. The quantitative estimate of drug-likeness (QED) is 0.854. The van der Waals surface area contributed by atoms with Crippen LogP contribution in [0.5, 0.6) is 0 Å². The van der Waals surface area contributed by atoms with E-state index in [1.54, 1.807) is 23.7 Å². The van der Waals surface area contributed by atoms with E-state index >= 15 is 0 Å². The highest BCUT2D eigenvalue weighted by molar-refractivity contribution is 7.09. The molecular weight excluding hydrogens is 234 g/mol. The molecular formula is C12H15N3OS. The van der Waals surface area contributed by atoms with Gasteiger partial charge in [-0.25, -0.2) is 4.98 Å². The molecule has 0 saturated heterocycles. The van der Waals surface area contributed by atoms with E-state index < -0.39 is 0 Å². The van der Waals surface area contributed by atoms with Crippen molar-refractivity contribution < 1.29 is 4.79 Å². The van der Waals surface area contributed by atoms with Gasteiger partial charge in [-0.2, -0.15) is 0 Å². The van der Waals surface area contributed by atoms with Gasteiger partial charge in [0.15, 0.2) is 0 Å². The van der Waals surface area contributed by atoms with E-state index in [0.717, 1.165) is 12.2 Å². The van der Waals surface area contributed by atoms with Gasteiger partial charge in [0.25, 0.3) is 0 Å². The third kappa shape index (κ3) is 3.42. The normalized spacial score (nSPS) is 12.3. The van der Waals surface area contributed by atoms with Crippen molar-refractivity contribution in [1.29, 1.82) is 0 Å².